The van der Waals surface area contributed by atoms with E-state index in [0.29, 0.717) is 71.0 Å². The number of piperazine rings is 1. The van der Waals surface area contributed by atoms with Crippen LogP contribution in [0.1, 0.15) is 48.1 Å². The number of fused-ring (bicyclic) bond motifs is 3. The molecule has 248 valence electrons. The van der Waals surface area contributed by atoms with Crippen molar-refractivity contribution in [1.29, 1.82) is 5.26 Å². The molecule has 0 unspecified atom stereocenters. The number of imidazole rings is 1. The van der Waals surface area contributed by atoms with E-state index in [-0.39, 0.29) is 17.5 Å². The summed E-state index contributed by atoms with van der Waals surface area (Å²) >= 11 is 12.8. The van der Waals surface area contributed by atoms with Crippen molar-refractivity contribution >= 4 is 45.9 Å². The molecule has 2 aromatic heterocycles. The van der Waals surface area contributed by atoms with Gasteiger partial charge in [-0.15, -0.1) is 0 Å². The van der Waals surface area contributed by atoms with Crippen LogP contribution in [0, 0.1) is 16.7 Å². The van der Waals surface area contributed by atoms with Crippen molar-refractivity contribution in [1.82, 2.24) is 19.4 Å². The van der Waals surface area contributed by atoms with Crippen LogP contribution in [-0.4, -0.2) is 70.9 Å². The number of esters is 1. The van der Waals surface area contributed by atoms with E-state index in [1.165, 1.54) is 7.11 Å². The fraction of sp³-hybridized carbons (Fsp3) is 0.429. The summed E-state index contributed by atoms with van der Waals surface area (Å²) in [4.78, 5) is 26.8. The van der Waals surface area contributed by atoms with Gasteiger partial charge < -0.3 is 28.4 Å². The molecule has 8 rings (SSSR count). The summed E-state index contributed by atoms with van der Waals surface area (Å²) in [6.45, 7) is 5.68. The molecule has 0 radical (unpaired) electrons. The number of rotatable bonds is 8. The van der Waals surface area contributed by atoms with Crippen LogP contribution >= 0.6 is 23.2 Å². The second-order valence-corrected chi connectivity index (χ2v) is 14.1. The van der Waals surface area contributed by atoms with Crippen molar-refractivity contribution in [3.8, 4) is 17.6 Å². The first-order valence-electron chi connectivity index (χ1n) is 16.1. The van der Waals surface area contributed by atoms with Crippen molar-refractivity contribution in [2.24, 2.45) is 5.41 Å². The van der Waals surface area contributed by atoms with Gasteiger partial charge in [-0.25, -0.2) is 9.78 Å². The van der Waals surface area contributed by atoms with Crippen molar-refractivity contribution in [2.45, 2.75) is 57.1 Å². The zero-order chi connectivity index (χ0) is 33.2. The molecule has 1 aliphatic carbocycles. The molecule has 3 fully saturated rings. The van der Waals surface area contributed by atoms with Gasteiger partial charge in [-0.2, -0.15) is 5.26 Å². The van der Waals surface area contributed by atoms with Crippen LogP contribution in [0.15, 0.2) is 48.7 Å². The summed E-state index contributed by atoms with van der Waals surface area (Å²) in [7, 11) is 1.35. The molecular formula is C35H34Cl2N6O5. The summed E-state index contributed by atoms with van der Waals surface area (Å²) in [6, 6.07) is 15.5. The van der Waals surface area contributed by atoms with E-state index >= 15 is 0 Å². The van der Waals surface area contributed by atoms with E-state index in [1.54, 1.807) is 24.4 Å². The van der Waals surface area contributed by atoms with Crippen LogP contribution in [-0.2, 0) is 28.4 Å². The van der Waals surface area contributed by atoms with Crippen LogP contribution < -0.4 is 14.4 Å². The van der Waals surface area contributed by atoms with Crippen LogP contribution in [0.25, 0.3) is 11.0 Å². The minimum atomic E-state index is -1.09. The van der Waals surface area contributed by atoms with Crippen LogP contribution in [0.5, 0.6) is 11.5 Å². The fourth-order valence-electron chi connectivity index (χ4n) is 7.34. The molecule has 5 heterocycles. The maximum atomic E-state index is 12.5. The summed E-state index contributed by atoms with van der Waals surface area (Å²) < 4.78 is 26.2. The molecule has 4 aliphatic rings. The van der Waals surface area contributed by atoms with Crippen molar-refractivity contribution in [3.63, 3.8) is 0 Å². The van der Waals surface area contributed by atoms with Gasteiger partial charge in [0.05, 0.1) is 71.8 Å². The molecule has 2 aromatic carbocycles. The zero-order valence-electron chi connectivity index (χ0n) is 26.6. The van der Waals surface area contributed by atoms with Gasteiger partial charge in [0.15, 0.2) is 11.5 Å². The van der Waals surface area contributed by atoms with Gasteiger partial charge in [-0.05, 0) is 49.2 Å². The Kier molecular flexibility index (Phi) is 7.68. The number of aromatic nitrogens is 3. The number of carbonyl (C=O) groups excluding carboxylic acids is 1. The normalized spacial score (nSPS) is 24.0. The molecule has 11 nitrogen and oxygen atoms in total. The number of halogens is 2. The lowest BCUT2D eigenvalue weighted by Gasteiger charge is -2.44. The van der Waals surface area contributed by atoms with E-state index in [2.05, 4.69) is 31.5 Å². The molecule has 0 bridgehead atoms. The van der Waals surface area contributed by atoms with Gasteiger partial charge in [0, 0.05) is 44.6 Å². The third kappa shape index (κ3) is 5.31. The number of anilines is 1. The largest absolute Gasteiger partial charge is 0.465 e. The first-order valence-corrected chi connectivity index (χ1v) is 16.8. The Labute approximate surface area is 287 Å². The van der Waals surface area contributed by atoms with Gasteiger partial charge in [-0.3, -0.25) is 9.88 Å². The molecule has 0 spiro atoms. The lowest BCUT2D eigenvalue weighted by atomic mass is 10.0. The van der Waals surface area contributed by atoms with Gasteiger partial charge in [0.1, 0.15) is 17.0 Å². The molecule has 1 saturated carbocycles. The maximum absolute atomic E-state index is 12.5. The predicted molar refractivity (Wildman–Crippen MR) is 178 cm³/mol. The lowest BCUT2D eigenvalue weighted by Crippen LogP contribution is -2.59. The molecule has 48 heavy (non-hydrogen) atoms. The Morgan fingerprint density at radius 3 is 2.71 bits per heavy atom. The average molecular weight is 690 g/mol. The van der Waals surface area contributed by atoms with E-state index < -0.39 is 11.8 Å². The van der Waals surface area contributed by atoms with Gasteiger partial charge >= 0.3 is 5.97 Å². The summed E-state index contributed by atoms with van der Waals surface area (Å²) in [6.07, 6.45) is 4.00. The summed E-state index contributed by atoms with van der Waals surface area (Å²) in [5, 5.41) is 10.5. The third-order valence-electron chi connectivity index (χ3n) is 10.1. The topological polar surface area (TPSA) is 115 Å². The number of hydrogen-bond acceptors (Lipinski definition) is 10. The average Bonchev–Trinajstić information content (AvgIpc) is 3.36. The number of nitriles is 1. The van der Waals surface area contributed by atoms with E-state index in [4.69, 9.17) is 47.1 Å². The Morgan fingerprint density at radius 1 is 1.12 bits per heavy atom. The first-order chi connectivity index (χ1) is 23.2. The first kappa shape index (κ1) is 31.2. The zero-order valence-corrected chi connectivity index (χ0v) is 28.1. The molecule has 0 N–H and O–H groups in total. The minimum absolute atomic E-state index is 0.0649. The highest BCUT2D eigenvalue weighted by atomic mass is 35.5. The van der Waals surface area contributed by atoms with Crippen molar-refractivity contribution in [3.05, 3.63) is 75.8 Å². The third-order valence-corrected chi connectivity index (χ3v) is 10.6. The van der Waals surface area contributed by atoms with Gasteiger partial charge in [-0.1, -0.05) is 29.3 Å². The maximum Gasteiger partial charge on any atom is 0.337 e. The second kappa shape index (κ2) is 11.8. The standard InChI is InChI=1S/C35H34Cl2N6O5/c1-34(29-7-6-22(36)16-39-29)47-28-5-3-4-24(32(28)48-34)42-13-12-41(26-18-46-19-27(26)42)17-30-40-31-23(37)14-21(33(44)45-2)15-25(31)43(30)20-35(8-9-35)10-11-38/h3-7,14-16,26-27H,8-10,12-13,17-20H2,1-2H3/t26-,27+,34-/m0/s1. The Morgan fingerprint density at radius 2 is 1.96 bits per heavy atom. The summed E-state index contributed by atoms with van der Waals surface area (Å²) in [5.41, 5.74) is 3.26. The van der Waals surface area contributed by atoms with Crippen molar-refractivity contribution in [2.75, 3.05) is 38.3 Å². The molecule has 13 heteroatoms. The number of hydrogen-bond donors (Lipinski definition) is 0. The highest BCUT2D eigenvalue weighted by Gasteiger charge is 2.47. The van der Waals surface area contributed by atoms with Crippen molar-refractivity contribution < 1.29 is 23.7 Å². The number of pyridine rings is 1. The molecule has 3 aliphatic heterocycles. The minimum Gasteiger partial charge on any atom is -0.465 e. The van der Waals surface area contributed by atoms with Gasteiger partial charge in [0.2, 0.25) is 0 Å². The van der Waals surface area contributed by atoms with E-state index in [9.17, 15) is 10.1 Å². The fourth-order valence-corrected chi connectivity index (χ4v) is 7.71. The second-order valence-electron chi connectivity index (χ2n) is 13.2. The number of ether oxygens (including phenoxy) is 4. The molecule has 4 aromatic rings. The Hall–Kier alpha value is -4.08. The number of benzene rings is 2. The smallest absolute Gasteiger partial charge is 0.337 e. The lowest BCUT2D eigenvalue weighted by molar-refractivity contribution is -0.0716. The predicted octanol–water partition coefficient (Wildman–Crippen LogP) is 5.95. The van der Waals surface area contributed by atoms with Gasteiger partial charge in [0.25, 0.3) is 5.79 Å². The quantitative estimate of drug-likeness (QED) is 0.206. The van der Waals surface area contributed by atoms with E-state index in [1.807, 2.05) is 25.1 Å². The SMILES string of the molecule is COC(=O)c1cc(Cl)c2nc(CN3CCN(c4cccc5c4O[C@@](C)(c4ccc(Cl)cn4)O5)[C@@H]4COC[C@@H]43)n(CC3(CC#N)CC3)c2c1. The molecule has 3 atom stereocenters. The Balaban J connectivity index is 1.09. The molecule has 2 saturated heterocycles. The number of para-hydroxylation sites is 1. The highest BCUT2D eigenvalue weighted by Crippen LogP contribution is 2.52. The van der Waals surface area contributed by atoms with Crippen LogP contribution in [0.2, 0.25) is 10.0 Å². The van der Waals surface area contributed by atoms with E-state index in [0.717, 1.165) is 43.0 Å². The number of carbonyl (C=O) groups is 1. The van der Waals surface area contributed by atoms with Crippen LogP contribution in [0.4, 0.5) is 5.69 Å². The monoisotopic (exact) mass is 688 g/mol. The van der Waals surface area contributed by atoms with Crippen LogP contribution in [0.3, 0.4) is 0 Å². The highest BCUT2D eigenvalue weighted by molar-refractivity contribution is 6.35. The molecular weight excluding hydrogens is 655 g/mol. The Bertz CT molecular complexity index is 1960. The number of methoxy groups -OCH3 is 1. The number of nitrogens with zero attached hydrogens (tertiary/aromatic N) is 6. The molecule has 0 amide bonds. The summed E-state index contributed by atoms with van der Waals surface area (Å²) in [5.74, 6) is 0.643.